The van der Waals surface area contributed by atoms with Gasteiger partial charge in [0.25, 0.3) is 0 Å². The molecule has 1 aliphatic rings. The highest BCUT2D eigenvalue weighted by atomic mass is 35.5. The minimum atomic E-state index is -9.93. The topological polar surface area (TPSA) is 56.8 Å². The zero-order valence-corrected chi connectivity index (χ0v) is 15.3. The third-order valence-corrected chi connectivity index (χ3v) is 4.33. The Bertz CT molecular complexity index is 704. The van der Waals surface area contributed by atoms with Crippen molar-refractivity contribution in [3.63, 3.8) is 0 Å². The molecule has 1 N–H and O–H groups in total. The summed E-state index contributed by atoms with van der Waals surface area (Å²) in [5, 5.41) is 1.98. The molecule has 26 heavy (non-hydrogen) atoms. The second-order valence-electron chi connectivity index (χ2n) is 6.32. The number of hydrogen-bond donors (Lipinski definition) is 1. The third kappa shape index (κ3) is 6.06. The van der Waals surface area contributed by atoms with Crippen molar-refractivity contribution in [1.29, 1.82) is 0 Å². The van der Waals surface area contributed by atoms with Gasteiger partial charge in [-0.05, 0) is 32.0 Å². The van der Waals surface area contributed by atoms with Crippen LogP contribution in [0.1, 0.15) is 13.8 Å². The van der Waals surface area contributed by atoms with Gasteiger partial charge >= 0.3 is 16.3 Å². The number of halogens is 6. The van der Waals surface area contributed by atoms with Gasteiger partial charge in [0.1, 0.15) is 23.4 Å². The van der Waals surface area contributed by atoms with Crippen LogP contribution in [-0.2, 0) is 9.47 Å². The first-order chi connectivity index (χ1) is 11.5. The van der Waals surface area contributed by atoms with Crippen LogP contribution in [0.5, 0.6) is 5.75 Å². The quantitative estimate of drug-likeness (QED) is 0.470. The summed E-state index contributed by atoms with van der Waals surface area (Å²) >= 11 is 5.84. The lowest BCUT2D eigenvalue weighted by molar-refractivity contribution is -0.0794. The minimum absolute atomic E-state index is 0.115. The monoisotopic (exact) mass is 425 g/mol. The van der Waals surface area contributed by atoms with Crippen molar-refractivity contribution >= 4 is 33.6 Å². The minimum Gasteiger partial charge on any atom is -0.483 e. The standard InChI is InChI=1S/C14H17ClF5NO4S/c1-14(2,15)8-24-13(22)21-11-5-10(26(16,17,18,19)20)3-4-12(11)25-9-6-23-7-9/h3-5,9H,6-8H2,1-2H3,(H,21,22). The van der Waals surface area contributed by atoms with Gasteiger partial charge in [0, 0.05) is 0 Å². The molecule has 0 aliphatic carbocycles. The molecule has 1 saturated heterocycles. The van der Waals surface area contributed by atoms with Crippen LogP contribution in [0.3, 0.4) is 0 Å². The van der Waals surface area contributed by atoms with Gasteiger partial charge in [0.15, 0.2) is 0 Å². The molecule has 150 valence electrons. The number of ether oxygens (including phenoxy) is 3. The summed E-state index contributed by atoms with van der Waals surface area (Å²) in [6, 6.07) is 1.03. The van der Waals surface area contributed by atoms with Crippen LogP contribution in [0, 0.1) is 0 Å². The van der Waals surface area contributed by atoms with Crippen LogP contribution in [0.2, 0.25) is 0 Å². The highest BCUT2D eigenvalue weighted by Gasteiger charge is 2.65. The van der Waals surface area contributed by atoms with Crippen LogP contribution in [0.4, 0.5) is 29.9 Å². The van der Waals surface area contributed by atoms with E-state index in [1.807, 2.05) is 5.32 Å². The fourth-order valence-corrected chi connectivity index (χ4v) is 2.51. The summed E-state index contributed by atoms with van der Waals surface area (Å²) in [5.74, 6) is -0.217. The van der Waals surface area contributed by atoms with Gasteiger partial charge < -0.3 is 14.2 Å². The lowest BCUT2D eigenvalue weighted by Gasteiger charge is -2.40. The molecule has 0 spiro atoms. The zero-order chi connectivity index (χ0) is 19.9. The Hall–Kier alpha value is -1.46. The number of nitrogens with one attached hydrogen (secondary N) is 1. The summed E-state index contributed by atoms with van der Waals surface area (Å²) in [4.78, 5) is 8.70. The molecule has 1 fully saturated rings. The number of alkyl halides is 1. The van der Waals surface area contributed by atoms with E-state index < -0.39 is 37.9 Å². The maximum absolute atomic E-state index is 13.0. The summed E-state index contributed by atoms with van der Waals surface area (Å²) in [6.45, 7) is 3.21. The van der Waals surface area contributed by atoms with Gasteiger partial charge in [-0.2, -0.15) is 0 Å². The molecular formula is C14H17ClF5NO4S. The van der Waals surface area contributed by atoms with Crippen LogP contribution in [0.15, 0.2) is 23.1 Å². The molecule has 1 aromatic carbocycles. The summed E-state index contributed by atoms with van der Waals surface area (Å²) < 4.78 is 80.1. The maximum atomic E-state index is 13.0. The molecule has 5 nitrogen and oxygen atoms in total. The summed E-state index contributed by atoms with van der Waals surface area (Å²) in [6.07, 6.45) is -1.62. The van der Waals surface area contributed by atoms with E-state index in [9.17, 15) is 24.2 Å². The molecule has 0 aromatic heterocycles. The van der Waals surface area contributed by atoms with E-state index in [0.717, 1.165) is 0 Å². The summed E-state index contributed by atoms with van der Waals surface area (Å²) in [7, 11) is -9.93. The van der Waals surface area contributed by atoms with E-state index in [2.05, 4.69) is 0 Å². The third-order valence-electron chi connectivity index (χ3n) is 3.08. The average Bonchev–Trinajstić information content (AvgIpc) is 2.38. The number of benzene rings is 1. The first-order valence-corrected chi connectivity index (χ1v) is 9.62. The molecule has 0 atom stereocenters. The first-order valence-electron chi connectivity index (χ1n) is 7.29. The van der Waals surface area contributed by atoms with Gasteiger partial charge in [-0.25, -0.2) is 4.79 Å². The van der Waals surface area contributed by atoms with E-state index in [4.69, 9.17) is 25.8 Å². The van der Waals surface area contributed by atoms with E-state index >= 15 is 0 Å². The normalized spacial score (nSPS) is 18.3. The van der Waals surface area contributed by atoms with Crippen molar-refractivity contribution < 1.29 is 38.4 Å². The second-order valence-corrected chi connectivity index (χ2v) is 9.76. The molecule has 1 amide bonds. The van der Waals surface area contributed by atoms with Crippen molar-refractivity contribution in [3.05, 3.63) is 18.2 Å². The fourth-order valence-electron chi connectivity index (χ4n) is 1.79. The second kappa shape index (κ2) is 6.03. The smallest absolute Gasteiger partial charge is 0.411 e. The Morgan fingerprint density at radius 1 is 1.31 bits per heavy atom. The van der Waals surface area contributed by atoms with E-state index in [0.29, 0.717) is 6.07 Å². The van der Waals surface area contributed by atoms with E-state index in [-0.39, 0.29) is 37.7 Å². The van der Waals surface area contributed by atoms with Crippen molar-refractivity contribution in [3.8, 4) is 5.75 Å². The fraction of sp³-hybridized carbons (Fsp3) is 0.500. The number of hydrogen-bond acceptors (Lipinski definition) is 4. The van der Waals surface area contributed by atoms with Gasteiger partial charge in [0.05, 0.1) is 23.8 Å². The maximum Gasteiger partial charge on any atom is 0.411 e. The first kappa shape index (κ1) is 20.8. The number of anilines is 1. The zero-order valence-electron chi connectivity index (χ0n) is 13.7. The lowest BCUT2D eigenvalue weighted by atomic mass is 10.2. The Morgan fingerprint density at radius 3 is 2.38 bits per heavy atom. The SMILES string of the molecule is CC(C)(Cl)COC(=O)Nc1cc(S(F)(F)(F)(F)F)ccc1OC1COC1. The van der Waals surface area contributed by atoms with Crippen LogP contribution in [0.25, 0.3) is 0 Å². The predicted molar refractivity (Wildman–Crippen MR) is 88.0 cm³/mol. The molecule has 0 unspecified atom stereocenters. The average molecular weight is 426 g/mol. The van der Waals surface area contributed by atoms with E-state index in [1.165, 1.54) is 0 Å². The van der Waals surface area contributed by atoms with Gasteiger partial charge in [0.2, 0.25) is 0 Å². The summed E-state index contributed by atoms with van der Waals surface area (Å²) in [5.41, 5.74) is -0.597. The number of carbonyl (C=O) groups excluding carboxylic acids is 1. The highest BCUT2D eigenvalue weighted by molar-refractivity contribution is 8.45. The number of amides is 1. The van der Waals surface area contributed by atoms with Gasteiger partial charge in [-0.15, -0.1) is 11.6 Å². The predicted octanol–water partition coefficient (Wildman–Crippen LogP) is 5.69. The molecule has 12 heteroatoms. The Balaban J connectivity index is 2.28. The molecule has 1 aliphatic heterocycles. The Labute approximate surface area is 151 Å². The van der Waals surface area contributed by atoms with Crippen molar-refractivity contribution in [2.75, 3.05) is 25.1 Å². The Morgan fingerprint density at radius 2 is 1.92 bits per heavy atom. The van der Waals surface area contributed by atoms with Crippen LogP contribution < -0.4 is 10.1 Å². The van der Waals surface area contributed by atoms with E-state index in [1.54, 1.807) is 13.8 Å². The van der Waals surface area contributed by atoms with Crippen molar-refractivity contribution in [2.24, 2.45) is 0 Å². The van der Waals surface area contributed by atoms with Crippen LogP contribution >= 0.6 is 21.8 Å². The largest absolute Gasteiger partial charge is 0.483 e. The molecule has 0 radical (unpaired) electrons. The number of rotatable bonds is 6. The molecule has 0 saturated carbocycles. The lowest BCUT2D eigenvalue weighted by Crippen LogP contribution is -2.38. The molecule has 0 bridgehead atoms. The van der Waals surface area contributed by atoms with Crippen LogP contribution in [-0.4, -0.2) is 36.9 Å². The number of carbonyl (C=O) groups is 1. The van der Waals surface area contributed by atoms with Crippen molar-refractivity contribution in [2.45, 2.75) is 29.7 Å². The molecule has 2 rings (SSSR count). The van der Waals surface area contributed by atoms with Gasteiger partial charge in [-0.3, -0.25) is 5.32 Å². The molecule has 1 heterocycles. The highest BCUT2D eigenvalue weighted by Crippen LogP contribution is 3.02. The van der Waals surface area contributed by atoms with Gasteiger partial charge in [-0.1, -0.05) is 19.4 Å². The Kier molecular flexibility index (Phi) is 4.83. The molecular weight excluding hydrogens is 409 g/mol. The van der Waals surface area contributed by atoms with Crippen molar-refractivity contribution in [1.82, 2.24) is 0 Å². The molecule has 1 aromatic rings.